The molecule has 3 rings (SSSR count). The van der Waals surface area contributed by atoms with E-state index in [1.165, 1.54) is 23.6 Å². The molecule has 0 fully saturated rings. The number of fused-ring (bicyclic) bond motifs is 1. The molecule has 104 valence electrons. The lowest BCUT2D eigenvalue weighted by Crippen LogP contribution is -2.12. The van der Waals surface area contributed by atoms with Crippen LogP contribution in [0.25, 0.3) is 0 Å². The van der Waals surface area contributed by atoms with Crippen LogP contribution in [0.4, 0.5) is 10.1 Å². The Bertz CT molecular complexity index is 591. The standard InChI is InChI=1S/C17H17ClFN/c18-14-9-5-10-15(19)17(14)20-16-11-4-2-7-12-6-1-3-8-13(12)16/h1,3,5-6,8-10,16,20H,2,4,7,11H2. The predicted molar refractivity (Wildman–Crippen MR) is 81.8 cm³/mol. The average Bonchev–Trinajstić information content (AvgIpc) is 2.66. The molecular formula is C17H17ClFN. The van der Waals surface area contributed by atoms with E-state index in [1.54, 1.807) is 12.1 Å². The Labute approximate surface area is 123 Å². The maximum atomic E-state index is 13.9. The quantitative estimate of drug-likeness (QED) is 0.734. The minimum absolute atomic E-state index is 0.128. The van der Waals surface area contributed by atoms with Crippen LogP contribution in [-0.4, -0.2) is 0 Å². The van der Waals surface area contributed by atoms with E-state index in [-0.39, 0.29) is 11.9 Å². The summed E-state index contributed by atoms with van der Waals surface area (Å²) < 4.78 is 13.9. The number of rotatable bonds is 2. The van der Waals surface area contributed by atoms with E-state index in [2.05, 4.69) is 23.5 Å². The summed E-state index contributed by atoms with van der Waals surface area (Å²) in [6, 6.07) is 13.3. The third-order valence-corrected chi connectivity index (χ3v) is 4.22. The van der Waals surface area contributed by atoms with Crippen molar-refractivity contribution in [1.29, 1.82) is 0 Å². The first kappa shape index (κ1) is 13.4. The van der Waals surface area contributed by atoms with E-state index in [0.29, 0.717) is 10.7 Å². The van der Waals surface area contributed by atoms with Gasteiger partial charge in [-0.3, -0.25) is 0 Å². The third kappa shape index (κ3) is 2.66. The van der Waals surface area contributed by atoms with E-state index < -0.39 is 0 Å². The molecule has 20 heavy (non-hydrogen) atoms. The predicted octanol–water partition coefficient (Wildman–Crippen LogP) is 5.36. The maximum absolute atomic E-state index is 13.9. The highest BCUT2D eigenvalue weighted by atomic mass is 35.5. The van der Waals surface area contributed by atoms with Crippen molar-refractivity contribution in [2.24, 2.45) is 0 Å². The number of aryl methyl sites for hydroxylation is 1. The van der Waals surface area contributed by atoms with Crippen LogP contribution >= 0.6 is 11.6 Å². The molecule has 2 aromatic rings. The molecule has 1 N–H and O–H groups in total. The Morgan fingerprint density at radius 1 is 1.05 bits per heavy atom. The Balaban J connectivity index is 1.94. The van der Waals surface area contributed by atoms with Crippen LogP contribution in [0.2, 0.25) is 5.02 Å². The van der Waals surface area contributed by atoms with Crippen molar-refractivity contribution < 1.29 is 4.39 Å². The molecule has 1 nitrogen and oxygen atoms in total. The molecule has 1 aliphatic carbocycles. The molecule has 1 aliphatic rings. The van der Waals surface area contributed by atoms with Gasteiger partial charge in [0.15, 0.2) is 0 Å². The Morgan fingerprint density at radius 2 is 1.90 bits per heavy atom. The molecule has 0 bridgehead atoms. The zero-order valence-corrected chi connectivity index (χ0v) is 12.0. The number of hydrogen-bond donors (Lipinski definition) is 1. The second-order valence-corrected chi connectivity index (χ2v) is 5.65. The summed E-state index contributed by atoms with van der Waals surface area (Å²) >= 11 is 6.11. The van der Waals surface area contributed by atoms with E-state index in [4.69, 9.17) is 11.6 Å². The molecule has 0 heterocycles. The summed E-state index contributed by atoms with van der Waals surface area (Å²) in [6.45, 7) is 0. The van der Waals surface area contributed by atoms with Gasteiger partial charge >= 0.3 is 0 Å². The minimum Gasteiger partial charge on any atom is -0.375 e. The van der Waals surface area contributed by atoms with Gasteiger partial charge in [0.1, 0.15) is 5.82 Å². The van der Waals surface area contributed by atoms with Gasteiger partial charge in [0.2, 0.25) is 0 Å². The van der Waals surface area contributed by atoms with E-state index in [0.717, 1.165) is 19.3 Å². The molecule has 1 atom stereocenters. The lowest BCUT2D eigenvalue weighted by molar-refractivity contribution is 0.612. The molecule has 1 unspecified atom stereocenters. The number of para-hydroxylation sites is 1. The van der Waals surface area contributed by atoms with Gasteiger partial charge in [0, 0.05) is 0 Å². The average molecular weight is 290 g/mol. The summed E-state index contributed by atoms with van der Waals surface area (Å²) in [5, 5.41) is 3.74. The smallest absolute Gasteiger partial charge is 0.147 e. The molecule has 0 spiro atoms. The maximum Gasteiger partial charge on any atom is 0.147 e. The molecule has 0 aliphatic heterocycles. The first-order chi connectivity index (χ1) is 9.75. The molecule has 0 saturated carbocycles. The normalized spacial score (nSPS) is 18.2. The van der Waals surface area contributed by atoms with Gasteiger partial charge in [0.05, 0.1) is 16.8 Å². The van der Waals surface area contributed by atoms with Crippen LogP contribution in [0.15, 0.2) is 42.5 Å². The summed E-state index contributed by atoms with van der Waals surface area (Å²) in [5.41, 5.74) is 3.04. The van der Waals surface area contributed by atoms with E-state index >= 15 is 0 Å². The highest BCUT2D eigenvalue weighted by Crippen LogP contribution is 2.34. The lowest BCUT2D eigenvalue weighted by atomic mass is 9.99. The number of benzene rings is 2. The van der Waals surface area contributed by atoms with Crippen molar-refractivity contribution in [3.05, 3.63) is 64.4 Å². The van der Waals surface area contributed by atoms with E-state index in [9.17, 15) is 4.39 Å². The topological polar surface area (TPSA) is 12.0 Å². The van der Waals surface area contributed by atoms with Gasteiger partial charge in [-0.1, -0.05) is 48.4 Å². The molecule has 3 heteroatoms. The summed E-state index contributed by atoms with van der Waals surface area (Å²) in [5.74, 6) is -0.292. The van der Waals surface area contributed by atoms with Gasteiger partial charge in [-0.05, 0) is 42.5 Å². The van der Waals surface area contributed by atoms with Gasteiger partial charge in [-0.15, -0.1) is 0 Å². The van der Waals surface area contributed by atoms with Crippen LogP contribution < -0.4 is 5.32 Å². The number of nitrogens with one attached hydrogen (secondary N) is 1. The fourth-order valence-electron chi connectivity index (χ4n) is 2.88. The Hall–Kier alpha value is -1.54. The van der Waals surface area contributed by atoms with Gasteiger partial charge in [0.25, 0.3) is 0 Å². The summed E-state index contributed by atoms with van der Waals surface area (Å²) in [4.78, 5) is 0. The van der Waals surface area contributed by atoms with Gasteiger partial charge in [-0.2, -0.15) is 0 Å². The Morgan fingerprint density at radius 3 is 2.75 bits per heavy atom. The highest BCUT2D eigenvalue weighted by molar-refractivity contribution is 6.33. The molecule has 2 aromatic carbocycles. The Kier molecular flexibility index (Phi) is 3.93. The number of halogens is 2. The van der Waals surface area contributed by atoms with Crippen LogP contribution in [0, 0.1) is 5.82 Å². The van der Waals surface area contributed by atoms with Crippen LogP contribution in [0.5, 0.6) is 0 Å². The first-order valence-electron chi connectivity index (χ1n) is 7.04. The second kappa shape index (κ2) is 5.84. The zero-order valence-electron chi connectivity index (χ0n) is 11.2. The van der Waals surface area contributed by atoms with Crippen molar-refractivity contribution in [3.8, 4) is 0 Å². The fourth-order valence-corrected chi connectivity index (χ4v) is 3.10. The van der Waals surface area contributed by atoms with E-state index in [1.807, 2.05) is 6.07 Å². The highest BCUT2D eigenvalue weighted by Gasteiger charge is 2.20. The largest absolute Gasteiger partial charge is 0.375 e. The van der Waals surface area contributed by atoms with Crippen molar-refractivity contribution in [2.45, 2.75) is 31.7 Å². The SMILES string of the molecule is Fc1cccc(Cl)c1NC1CCCCc2ccccc21. The molecule has 0 radical (unpaired) electrons. The van der Waals surface area contributed by atoms with Crippen LogP contribution in [0.3, 0.4) is 0 Å². The third-order valence-electron chi connectivity index (χ3n) is 3.90. The molecular weight excluding hydrogens is 273 g/mol. The number of anilines is 1. The van der Waals surface area contributed by atoms with Gasteiger partial charge in [-0.25, -0.2) is 4.39 Å². The summed E-state index contributed by atoms with van der Waals surface area (Å²) in [6.07, 6.45) is 4.42. The monoisotopic (exact) mass is 289 g/mol. The number of hydrogen-bond acceptors (Lipinski definition) is 1. The lowest BCUT2D eigenvalue weighted by Gasteiger charge is -2.21. The summed E-state index contributed by atoms with van der Waals surface area (Å²) in [7, 11) is 0. The van der Waals surface area contributed by atoms with Crippen LogP contribution in [0.1, 0.15) is 36.4 Å². The second-order valence-electron chi connectivity index (χ2n) is 5.24. The van der Waals surface area contributed by atoms with Crippen molar-refractivity contribution >= 4 is 17.3 Å². The fraction of sp³-hybridized carbons (Fsp3) is 0.294. The van der Waals surface area contributed by atoms with Crippen molar-refractivity contribution in [3.63, 3.8) is 0 Å². The van der Waals surface area contributed by atoms with Crippen molar-refractivity contribution in [2.75, 3.05) is 5.32 Å². The zero-order chi connectivity index (χ0) is 13.9. The van der Waals surface area contributed by atoms with Gasteiger partial charge < -0.3 is 5.32 Å². The first-order valence-corrected chi connectivity index (χ1v) is 7.42. The van der Waals surface area contributed by atoms with Crippen molar-refractivity contribution in [1.82, 2.24) is 0 Å². The van der Waals surface area contributed by atoms with Crippen LogP contribution in [-0.2, 0) is 6.42 Å². The molecule has 0 saturated heterocycles. The molecule has 0 amide bonds. The minimum atomic E-state index is -0.292. The molecule has 0 aromatic heterocycles.